The number of alkyl halides is 3. The number of hydrogen-bond donors (Lipinski definition) is 1. The number of halogens is 3. The molecular weight excluding hydrogens is 371 g/mol. The van der Waals surface area contributed by atoms with Crippen molar-refractivity contribution in [1.82, 2.24) is 15.0 Å². The Bertz CT molecular complexity index is 943. The number of benzene rings is 1. The highest BCUT2D eigenvalue weighted by molar-refractivity contribution is 5.63. The molecular formula is C20H16F3N3O2. The van der Waals surface area contributed by atoms with Gasteiger partial charge in [0.1, 0.15) is 17.7 Å². The molecule has 144 valence electrons. The number of aliphatic hydroxyl groups is 1. The van der Waals surface area contributed by atoms with E-state index in [2.05, 4.69) is 19.7 Å². The van der Waals surface area contributed by atoms with Crippen LogP contribution < -0.4 is 4.74 Å². The van der Waals surface area contributed by atoms with Gasteiger partial charge >= 0.3 is 6.36 Å². The zero-order valence-corrected chi connectivity index (χ0v) is 14.6. The lowest BCUT2D eigenvalue weighted by atomic mass is 9.86. The largest absolute Gasteiger partial charge is 0.573 e. The molecule has 28 heavy (non-hydrogen) atoms. The smallest absolute Gasteiger partial charge is 0.406 e. The Labute approximate surface area is 158 Å². The molecule has 0 spiro atoms. The molecule has 1 fully saturated rings. The van der Waals surface area contributed by atoms with Gasteiger partial charge in [-0.25, -0.2) is 9.97 Å². The van der Waals surface area contributed by atoms with Crippen molar-refractivity contribution in [3.63, 3.8) is 0 Å². The van der Waals surface area contributed by atoms with Gasteiger partial charge < -0.3 is 9.84 Å². The fourth-order valence-corrected chi connectivity index (χ4v) is 3.23. The maximum Gasteiger partial charge on any atom is 0.573 e. The van der Waals surface area contributed by atoms with Crippen molar-refractivity contribution in [2.45, 2.75) is 24.8 Å². The Kier molecular flexibility index (Phi) is 4.50. The molecule has 0 radical (unpaired) electrons. The third-order valence-corrected chi connectivity index (χ3v) is 4.74. The molecule has 8 heteroatoms. The summed E-state index contributed by atoms with van der Waals surface area (Å²) in [5.41, 5.74) is 1.22. The summed E-state index contributed by atoms with van der Waals surface area (Å²) in [6, 6.07) is 9.04. The second-order valence-corrected chi connectivity index (χ2v) is 6.67. The zero-order valence-electron chi connectivity index (χ0n) is 14.6. The van der Waals surface area contributed by atoms with E-state index in [1.54, 1.807) is 30.7 Å². The number of nitrogens with zero attached hydrogens (tertiary/aromatic N) is 3. The molecule has 0 amide bonds. The predicted molar refractivity (Wildman–Crippen MR) is 94.1 cm³/mol. The Hall–Kier alpha value is -3.00. The SMILES string of the molecule is OC(c1cncnc1)(c1ccc(-c2ccc(OC(F)(F)F)cc2)cn1)C1CC1. The third-order valence-electron chi connectivity index (χ3n) is 4.74. The summed E-state index contributed by atoms with van der Waals surface area (Å²) in [7, 11) is 0. The topological polar surface area (TPSA) is 68.1 Å². The molecule has 1 atom stereocenters. The summed E-state index contributed by atoms with van der Waals surface area (Å²) in [6.45, 7) is 0. The van der Waals surface area contributed by atoms with Gasteiger partial charge in [0.05, 0.1) is 5.69 Å². The van der Waals surface area contributed by atoms with Crippen LogP contribution in [0.15, 0.2) is 61.3 Å². The van der Waals surface area contributed by atoms with Crippen LogP contribution in [0.2, 0.25) is 0 Å². The third kappa shape index (κ3) is 3.68. The van der Waals surface area contributed by atoms with Crippen LogP contribution in [-0.4, -0.2) is 26.4 Å². The Morgan fingerprint density at radius 1 is 0.893 bits per heavy atom. The van der Waals surface area contributed by atoms with Crippen molar-refractivity contribution in [3.8, 4) is 16.9 Å². The van der Waals surface area contributed by atoms with Gasteiger partial charge in [-0.05, 0) is 42.5 Å². The normalized spacial score (nSPS) is 16.4. The van der Waals surface area contributed by atoms with Crippen LogP contribution in [0.25, 0.3) is 11.1 Å². The van der Waals surface area contributed by atoms with Crippen molar-refractivity contribution in [2.75, 3.05) is 0 Å². The lowest BCUT2D eigenvalue weighted by Crippen LogP contribution is -2.31. The first-order valence-electron chi connectivity index (χ1n) is 8.67. The fourth-order valence-electron chi connectivity index (χ4n) is 3.23. The molecule has 2 aromatic heterocycles. The van der Waals surface area contributed by atoms with Gasteiger partial charge in [-0.1, -0.05) is 18.2 Å². The Morgan fingerprint density at radius 2 is 1.54 bits per heavy atom. The van der Waals surface area contributed by atoms with E-state index in [-0.39, 0.29) is 11.7 Å². The molecule has 1 unspecified atom stereocenters. The minimum atomic E-state index is -4.72. The second-order valence-electron chi connectivity index (χ2n) is 6.67. The van der Waals surface area contributed by atoms with E-state index >= 15 is 0 Å². The van der Waals surface area contributed by atoms with Crippen molar-refractivity contribution in [3.05, 3.63) is 72.6 Å². The average Bonchev–Trinajstić information content (AvgIpc) is 3.53. The highest BCUT2D eigenvalue weighted by Crippen LogP contribution is 2.48. The molecule has 1 aliphatic rings. The van der Waals surface area contributed by atoms with E-state index < -0.39 is 12.0 Å². The van der Waals surface area contributed by atoms with Crippen LogP contribution in [-0.2, 0) is 5.60 Å². The minimum Gasteiger partial charge on any atom is -0.406 e. The highest BCUT2D eigenvalue weighted by Gasteiger charge is 2.48. The first kappa shape index (κ1) is 18.4. The summed E-state index contributed by atoms with van der Waals surface area (Å²) < 4.78 is 40.7. The van der Waals surface area contributed by atoms with Gasteiger partial charge in [-0.2, -0.15) is 0 Å². The maximum absolute atomic E-state index is 12.3. The van der Waals surface area contributed by atoms with Gasteiger partial charge in [0.25, 0.3) is 0 Å². The van der Waals surface area contributed by atoms with Crippen LogP contribution >= 0.6 is 0 Å². The van der Waals surface area contributed by atoms with E-state index in [0.29, 0.717) is 22.4 Å². The van der Waals surface area contributed by atoms with Gasteiger partial charge in [0.15, 0.2) is 0 Å². The van der Waals surface area contributed by atoms with Gasteiger partial charge in [-0.3, -0.25) is 4.98 Å². The average molecular weight is 387 g/mol. The van der Waals surface area contributed by atoms with E-state index in [9.17, 15) is 18.3 Å². The zero-order chi connectivity index (χ0) is 19.8. The molecule has 0 aliphatic heterocycles. The van der Waals surface area contributed by atoms with Gasteiger partial charge in [-0.15, -0.1) is 13.2 Å². The first-order chi connectivity index (χ1) is 13.4. The van der Waals surface area contributed by atoms with Crippen LogP contribution in [0.1, 0.15) is 24.1 Å². The van der Waals surface area contributed by atoms with E-state index in [0.717, 1.165) is 12.8 Å². The number of rotatable bonds is 5. The molecule has 1 saturated carbocycles. The van der Waals surface area contributed by atoms with E-state index in [1.165, 1.54) is 30.6 Å². The molecule has 1 N–H and O–H groups in total. The van der Waals surface area contributed by atoms with Crippen molar-refractivity contribution in [1.29, 1.82) is 0 Å². The number of aromatic nitrogens is 3. The summed E-state index contributed by atoms with van der Waals surface area (Å²) in [4.78, 5) is 12.4. The van der Waals surface area contributed by atoms with E-state index in [1.807, 2.05) is 0 Å². The fraction of sp³-hybridized carbons (Fsp3) is 0.250. The van der Waals surface area contributed by atoms with Crippen LogP contribution in [0, 0.1) is 5.92 Å². The lowest BCUT2D eigenvalue weighted by Gasteiger charge is -2.27. The second kappa shape index (κ2) is 6.87. The first-order valence-corrected chi connectivity index (χ1v) is 8.67. The molecule has 0 bridgehead atoms. The van der Waals surface area contributed by atoms with Crippen LogP contribution in [0.4, 0.5) is 13.2 Å². The minimum absolute atomic E-state index is 0.0515. The lowest BCUT2D eigenvalue weighted by molar-refractivity contribution is -0.274. The van der Waals surface area contributed by atoms with Crippen LogP contribution in [0.3, 0.4) is 0 Å². The summed E-state index contributed by atoms with van der Waals surface area (Å²) in [5, 5.41) is 11.3. The van der Waals surface area contributed by atoms with Crippen molar-refractivity contribution < 1.29 is 23.0 Å². The van der Waals surface area contributed by atoms with Crippen molar-refractivity contribution in [2.24, 2.45) is 5.92 Å². The van der Waals surface area contributed by atoms with E-state index in [4.69, 9.17) is 0 Å². The summed E-state index contributed by atoms with van der Waals surface area (Å²) in [6.07, 6.45) is 3.20. The number of pyridine rings is 1. The highest BCUT2D eigenvalue weighted by atomic mass is 19.4. The Balaban J connectivity index is 1.60. The molecule has 3 aromatic rings. The quantitative estimate of drug-likeness (QED) is 0.714. The molecule has 5 nitrogen and oxygen atoms in total. The summed E-state index contributed by atoms with van der Waals surface area (Å²) >= 11 is 0. The monoisotopic (exact) mass is 387 g/mol. The maximum atomic E-state index is 12.3. The number of hydrogen-bond acceptors (Lipinski definition) is 5. The van der Waals surface area contributed by atoms with Gasteiger partial charge in [0.2, 0.25) is 0 Å². The Morgan fingerprint density at radius 3 is 2.07 bits per heavy atom. The van der Waals surface area contributed by atoms with Gasteiger partial charge in [0, 0.05) is 29.7 Å². The molecule has 1 aromatic carbocycles. The molecule has 1 aliphatic carbocycles. The summed E-state index contributed by atoms with van der Waals surface area (Å²) in [5.74, 6) is -0.233. The molecule has 4 rings (SSSR count). The number of ether oxygens (including phenoxy) is 1. The van der Waals surface area contributed by atoms with Crippen molar-refractivity contribution >= 4 is 0 Å². The predicted octanol–water partition coefficient (Wildman–Crippen LogP) is 4.08. The molecule has 2 heterocycles. The molecule has 0 saturated heterocycles. The standard InChI is InChI=1S/C20H16F3N3O2/c21-20(22,23)28-17-6-1-13(2-7-17)14-3-8-18(26-9-14)19(27,15-4-5-15)16-10-24-12-25-11-16/h1-3,6-12,15,27H,4-5H2. The van der Waals surface area contributed by atoms with Crippen LogP contribution in [0.5, 0.6) is 5.75 Å².